The van der Waals surface area contributed by atoms with Gasteiger partial charge in [-0.1, -0.05) is 19.4 Å². The third-order valence-electron chi connectivity index (χ3n) is 3.83. The van der Waals surface area contributed by atoms with Crippen molar-refractivity contribution in [2.24, 2.45) is 0 Å². The summed E-state index contributed by atoms with van der Waals surface area (Å²) in [6.45, 7) is 3.64. The van der Waals surface area contributed by atoms with Gasteiger partial charge in [0.2, 0.25) is 0 Å². The second kappa shape index (κ2) is 7.51. The Morgan fingerprint density at radius 1 is 1.36 bits per heavy atom. The maximum atomic E-state index is 12.7. The highest BCUT2D eigenvalue weighted by atomic mass is 32.2. The van der Waals surface area contributed by atoms with Crippen LogP contribution in [0.3, 0.4) is 0 Å². The van der Waals surface area contributed by atoms with Crippen molar-refractivity contribution in [1.82, 2.24) is 4.90 Å². The molecule has 1 amide bonds. The van der Waals surface area contributed by atoms with Crippen LogP contribution in [0.25, 0.3) is 0 Å². The molecule has 0 saturated carbocycles. The molecular weight excluding hydrogens is 318 g/mol. The van der Waals surface area contributed by atoms with Gasteiger partial charge in [-0.3, -0.25) is 4.79 Å². The molecule has 22 heavy (non-hydrogen) atoms. The molecule has 1 saturated heterocycles. The lowest BCUT2D eigenvalue weighted by Crippen LogP contribution is -2.35. The Morgan fingerprint density at radius 2 is 2.14 bits per heavy atom. The van der Waals surface area contributed by atoms with Gasteiger partial charge >= 0.3 is 0 Å². The predicted octanol–water partition coefficient (Wildman–Crippen LogP) is 2.84. The summed E-state index contributed by atoms with van der Waals surface area (Å²) in [6.07, 6.45) is 4.46. The van der Waals surface area contributed by atoms with E-state index in [-0.39, 0.29) is 10.8 Å². The lowest BCUT2D eigenvalue weighted by atomic mass is 10.2. The van der Waals surface area contributed by atoms with E-state index < -0.39 is 9.84 Å². The predicted molar refractivity (Wildman–Crippen MR) is 91.2 cm³/mol. The van der Waals surface area contributed by atoms with E-state index in [1.54, 1.807) is 12.1 Å². The van der Waals surface area contributed by atoms with Crippen molar-refractivity contribution in [3.63, 3.8) is 0 Å². The molecule has 6 heteroatoms. The van der Waals surface area contributed by atoms with E-state index in [0.29, 0.717) is 10.8 Å². The van der Waals surface area contributed by atoms with Crippen molar-refractivity contribution in [1.29, 1.82) is 0 Å². The molecule has 0 bridgehead atoms. The van der Waals surface area contributed by atoms with Gasteiger partial charge in [-0.25, -0.2) is 8.42 Å². The molecule has 0 radical (unpaired) electrons. The minimum absolute atomic E-state index is 0.0610. The SMILES string of the molecule is CCS[C@@H]1CCCCN(C(=O)c2cccc(S(C)(=O)=O)c2)C1. The largest absolute Gasteiger partial charge is 0.338 e. The van der Waals surface area contributed by atoms with Crippen LogP contribution in [0.4, 0.5) is 0 Å². The van der Waals surface area contributed by atoms with E-state index >= 15 is 0 Å². The van der Waals surface area contributed by atoms with E-state index in [2.05, 4.69) is 6.92 Å². The van der Waals surface area contributed by atoms with Gasteiger partial charge < -0.3 is 4.90 Å². The van der Waals surface area contributed by atoms with Crippen LogP contribution in [0, 0.1) is 0 Å². The Bertz CT molecular complexity index is 628. The molecule has 0 unspecified atom stereocenters. The number of hydrogen-bond donors (Lipinski definition) is 0. The Labute approximate surface area is 137 Å². The lowest BCUT2D eigenvalue weighted by molar-refractivity contribution is 0.0763. The fourth-order valence-corrected chi connectivity index (χ4v) is 4.46. The summed E-state index contributed by atoms with van der Waals surface area (Å²) >= 11 is 1.90. The molecule has 122 valence electrons. The van der Waals surface area contributed by atoms with Crippen LogP contribution >= 0.6 is 11.8 Å². The van der Waals surface area contributed by atoms with E-state index in [0.717, 1.165) is 44.4 Å². The normalized spacial score (nSPS) is 19.7. The first-order valence-electron chi connectivity index (χ1n) is 7.63. The summed E-state index contributed by atoms with van der Waals surface area (Å²) in [6, 6.07) is 6.36. The van der Waals surface area contributed by atoms with Crippen LogP contribution in [0.2, 0.25) is 0 Å². The Kier molecular flexibility index (Phi) is 5.92. The zero-order chi connectivity index (χ0) is 16.2. The summed E-state index contributed by atoms with van der Waals surface area (Å²) < 4.78 is 23.3. The second-order valence-electron chi connectivity index (χ2n) is 5.62. The molecule has 1 aliphatic rings. The van der Waals surface area contributed by atoms with E-state index in [9.17, 15) is 13.2 Å². The highest BCUT2D eigenvalue weighted by molar-refractivity contribution is 7.99. The van der Waals surface area contributed by atoms with Crippen molar-refractivity contribution in [3.05, 3.63) is 29.8 Å². The van der Waals surface area contributed by atoms with Gasteiger partial charge in [-0.2, -0.15) is 11.8 Å². The first kappa shape index (κ1) is 17.3. The van der Waals surface area contributed by atoms with Gasteiger partial charge in [0.05, 0.1) is 4.90 Å². The molecule has 0 spiro atoms. The standard InChI is InChI=1S/C16H23NO3S2/c1-3-21-14-8-4-5-10-17(12-14)16(18)13-7-6-9-15(11-13)22(2,19)20/h6-7,9,11,14H,3-5,8,10,12H2,1-2H3/t14-/m1/s1. The summed E-state index contributed by atoms with van der Waals surface area (Å²) in [5.74, 6) is 0.991. The summed E-state index contributed by atoms with van der Waals surface area (Å²) in [4.78, 5) is 14.8. The fourth-order valence-electron chi connectivity index (χ4n) is 2.70. The van der Waals surface area contributed by atoms with Crippen molar-refractivity contribution < 1.29 is 13.2 Å². The monoisotopic (exact) mass is 341 g/mol. The molecule has 1 aliphatic heterocycles. The average molecular weight is 341 g/mol. The molecule has 1 fully saturated rings. The van der Waals surface area contributed by atoms with Crippen LogP contribution in [-0.4, -0.2) is 49.6 Å². The Morgan fingerprint density at radius 3 is 2.82 bits per heavy atom. The molecule has 1 atom stereocenters. The average Bonchev–Trinajstić information content (AvgIpc) is 2.72. The van der Waals surface area contributed by atoms with Crippen LogP contribution in [-0.2, 0) is 9.84 Å². The zero-order valence-corrected chi connectivity index (χ0v) is 14.8. The maximum absolute atomic E-state index is 12.7. The number of thioether (sulfide) groups is 1. The van der Waals surface area contributed by atoms with E-state index in [4.69, 9.17) is 0 Å². The van der Waals surface area contributed by atoms with Gasteiger partial charge in [0.1, 0.15) is 0 Å². The second-order valence-corrected chi connectivity index (χ2v) is 9.22. The van der Waals surface area contributed by atoms with Crippen molar-refractivity contribution in [2.45, 2.75) is 36.3 Å². The Balaban J connectivity index is 2.19. The molecular formula is C16H23NO3S2. The van der Waals surface area contributed by atoms with Crippen LogP contribution < -0.4 is 0 Å². The van der Waals surface area contributed by atoms with Gasteiger partial charge in [0.25, 0.3) is 5.91 Å². The summed E-state index contributed by atoms with van der Waals surface area (Å²) in [5, 5.41) is 0.481. The quantitative estimate of drug-likeness (QED) is 0.845. The molecule has 0 aliphatic carbocycles. The number of sulfone groups is 1. The third kappa shape index (κ3) is 4.49. The van der Waals surface area contributed by atoms with Crippen molar-refractivity contribution in [2.75, 3.05) is 25.1 Å². The first-order chi connectivity index (χ1) is 10.4. The van der Waals surface area contributed by atoms with E-state index in [1.807, 2.05) is 16.7 Å². The number of likely N-dealkylation sites (tertiary alicyclic amines) is 1. The first-order valence-corrected chi connectivity index (χ1v) is 10.6. The van der Waals surface area contributed by atoms with E-state index in [1.165, 1.54) is 12.1 Å². The number of benzene rings is 1. The number of carbonyl (C=O) groups is 1. The maximum Gasteiger partial charge on any atom is 0.253 e. The van der Waals surface area contributed by atoms with Gasteiger partial charge in [-0.05, 0) is 36.8 Å². The topological polar surface area (TPSA) is 54.5 Å². The number of hydrogen-bond acceptors (Lipinski definition) is 4. The summed E-state index contributed by atoms with van der Waals surface area (Å²) in [5.41, 5.74) is 0.463. The number of rotatable bonds is 4. The third-order valence-corrected chi connectivity index (χ3v) is 6.13. The van der Waals surface area contributed by atoms with Gasteiger partial charge in [0, 0.05) is 30.2 Å². The summed E-state index contributed by atoms with van der Waals surface area (Å²) in [7, 11) is -3.29. The van der Waals surface area contributed by atoms with Crippen LogP contribution in [0.5, 0.6) is 0 Å². The molecule has 2 rings (SSSR count). The molecule has 0 N–H and O–H groups in total. The minimum atomic E-state index is -3.29. The number of carbonyl (C=O) groups excluding carboxylic acids is 1. The molecule has 1 aromatic rings. The van der Waals surface area contributed by atoms with Crippen molar-refractivity contribution >= 4 is 27.5 Å². The number of amides is 1. The number of nitrogens with zero attached hydrogens (tertiary/aromatic N) is 1. The molecule has 0 aromatic heterocycles. The molecule has 1 aromatic carbocycles. The van der Waals surface area contributed by atoms with Gasteiger partial charge in [0.15, 0.2) is 9.84 Å². The molecule has 4 nitrogen and oxygen atoms in total. The lowest BCUT2D eigenvalue weighted by Gasteiger charge is -2.24. The Hall–Kier alpha value is -1.01. The smallest absolute Gasteiger partial charge is 0.253 e. The highest BCUT2D eigenvalue weighted by Crippen LogP contribution is 2.23. The van der Waals surface area contributed by atoms with Gasteiger partial charge in [-0.15, -0.1) is 0 Å². The fraction of sp³-hybridized carbons (Fsp3) is 0.562. The minimum Gasteiger partial charge on any atom is -0.338 e. The molecule has 1 heterocycles. The highest BCUT2D eigenvalue weighted by Gasteiger charge is 2.23. The van der Waals surface area contributed by atoms with Crippen LogP contribution in [0.1, 0.15) is 36.5 Å². The zero-order valence-electron chi connectivity index (χ0n) is 13.1. The van der Waals surface area contributed by atoms with Crippen molar-refractivity contribution in [3.8, 4) is 0 Å². The van der Waals surface area contributed by atoms with Crippen LogP contribution in [0.15, 0.2) is 29.2 Å².